The second kappa shape index (κ2) is 5.57. The molecule has 1 unspecified atom stereocenters. The quantitative estimate of drug-likeness (QED) is 0.755. The van der Waals surface area contributed by atoms with Gasteiger partial charge in [0.1, 0.15) is 0 Å². The molecule has 0 amide bonds. The maximum Gasteiger partial charge on any atom is 0.310 e. The molecule has 0 radical (unpaired) electrons. The molecule has 0 aromatic heterocycles. The molecule has 1 aliphatic heterocycles. The third kappa shape index (κ3) is 3.69. The average Bonchev–Trinajstić information content (AvgIpc) is 3.13. The summed E-state index contributed by atoms with van der Waals surface area (Å²) in [6, 6.07) is 0.644. The Morgan fingerprint density at radius 3 is 2.61 bits per heavy atom. The standard InChI is InChI=1S/C14H26N2O2/c1-14(2,13(17)18)10-16(12-5-6-12)9-11-4-3-7-15-8-11/h11-12,15H,3-10H2,1-2H3,(H,17,18). The molecule has 1 atom stereocenters. The molecule has 1 aliphatic carbocycles. The van der Waals surface area contributed by atoms with E-state index in [0.29, 0.717) is 18.5 Å². The third-order valence-electron chi connectivity index (χ3n) is 4.13. The molecule has 1 saturated heterocycles. The summed E-state index contributed by atoms with van der Waals surface area (Å²) in [7, 11) is 0. The highest BCUT2D eigenvalue weighted by Gasteiger charge is 2.37. The van der Waals surface area contributed by atoms with Crippen LogP contribution in [0.2, 0.25) is 0 Å². The first kappa shape index (κ1) is 13.8. The van der Waals surface area contributed by atoms with Crippen molar-refractivity contribution in [1.82, 2.24) is 10.2 Å². The van der Waals surface area contributed by atoms with Crippen LogP contribution in [0.3, 0.4) is 0 Å². The highest BCUT2D eigenvalue weighted by atomic mass is 16.4. The maximum atomic E-state index is 11.3. The molecule has 1 heterocycles. The van der Waals surface area contributed by atoms with Crippen molar-refractivity contribution in [1.29, 1.82) is 0 Å². The Labute approximate surface area is 110 Å². The smallest absolute Gasteiger partial charge is 0.310 e. The molecular weight excluding hydrogens is 228 g/mol. The van der Waals surface area contributed by atoms with Gasteiger partial charge in [0.25, 0.3) is 0 Å². The second-order valence-corrected chi connectivity index (χ2v) is 6.56. The summed E-state index contributed by atoms with van der Waals surface area (Å²) >= 11 is 0. The number of carboxylic acid groups (broad SMARTS) is 1. The summed E-state index contributed by atoms with van der Waals surface area (Å²) < 4.78 is 0. The van der Waals surface area contributed by atoms with Crippen molar-refractivity contribution in [2.45, 2.75) is 45.6 Å². The number of hydrogen-bond donors (Lipinski definition) is 2. The van der Waals surface area contributed by atoms with Crippen LogP contribution < -0.4 is 5.32 Å². The van der Waals surface area contributed by atoms with E-state index >= 15 is 0 Å². The Kier molecular flexibility index (Phi) is 4.28. The Hall–Kier alpha value is -0.610. The largest absolute Gasteiger partial charge is 0.481 e. The molecule has 2 aliphatic rings. The second-order valence-electron chi connectivity index (χ2n) is 6.56. The predicted molar refractivity (Wildman–Crippen MR) is 71.6 cm³/mol. The van der Waals surface area contributed by atoms with E-state index in [1.54, 1.807) is 0 Å². The number of carboxylic acids is 1. The first-order valence-electron chi connectivity index (χ1n) is 7.17. The SMILES string of the molecule is CC(C)(CN(CC1CCCNC1)C1CC1)C(=O)O. The Morgan fingerprint density at radius 1 is 1.39 bits per heavy atom. The van der Waals surface area contributed by atoms with E-state index in [1.165, 1.54) is 25.7 Å². The lowest BCUT2D eigenvalue weighted by molar-refractivity contribution is -0.148. The lowest BCUT2D eigenvalue weighted by Gasteiger charge is -2.34. The van der Waals surface area contributed by atoms with Crippen molar-refractivity contribution in [2.75, 3.05) is 26.2 Å². The number of nitrogens with zero attached hydrogens (tertiary/aromatic N) is 1. The average molecular weight is 254 g/mol. The molecule has 0 spiro atoms. The number of nitrogens with one attached hydrogen (secondary N) is 1. The first-order chi connectivity index (χ1) is 8.49. The fourth-order valence-corrected chi connectivity index (χ4v) is 2.77. The van der Waals surface area contributed by atoms with Gasteiger partial charge in [-0.25, -0.2) is 0 Å². The molecule has 4 nitrogen and oxygen atoms in total. The highest BCUT2D eigenvalue weighted by Crippen LogP contribution is 2.31. The Morgan fingerprint density at radius 2 is 2.11 bits per heavy atom. The van der Waals surface area contributed by atoms with Gasteiger partial charge in [-0.2, -0.15) is 0 Å². The summed E-state index contributed by atoms with van der Waals surface area (Å²) in [5, 5.41) is 12.7. The molecule has 104 valence electrons. The van der Waals surface area contributed by atoms with Gasteiger partial charge >= 0.3 is 5.97 Å². The molecule has 0 aromatic carbocycles. The predicted octanol–water partition coefficient (Wildman–Crippen LogP) is 1.56. The molecule has 2 N–H and O–H groups in total. The minimum Gasteiger partial charge on any atom is -0.481 e. The van der Waals surface area contributed by atoms with Gasteiger partial charge in [0.05, 0.1) is 5.41 Å². The topological polar surface area (TPSA) is 52.6 Å². The molecule has 0 aromatic rings. The molecular formula is C14H26N2O2. The van der Waals surface area contributed by atoms with Gasteiger partial charge in [0.2, 0.25) is 0 Å². The van der Waals surface area contributed by atoms with Crippen molar-refractivity contribution in [2.24, 2.45) is 11.3 Å². The maximum absolute atomic E-state index is 11.3. The molecule has 0 bridgehead atoms. The van der Waals surface area contributed by atoms with Crippen molar-refractivity contribution >= 4 is 5.97 Å². The summed E-state index contributed by atoms with van der Waals surface area (Å²) in [5.41, 5.74) is -0.634. The number of rotatable bonds is 6. The summed E-state index contributed by atoms with van der Waals surface area (Å²) in [5.74, 6) is 0.0128. The van der Waals surface area contributed by atoms with Gasteiger partial charge in [-0.3, -0.25) is 9.69 Å². The highest BCUT2D eigenvalue weighted by molar-refractivity contribution is 5.73. The van der Waals surface area contributed by atoms with Gasteiger partial charge < -0.3 is 10.4 Å². The fourth-order valence-electron chi connectivity index (χ4n) is 2.77. The first-order valence-corrected chi connectivity index (χ1v) is 7.17. The minimum absolute atomic E-state index is 0.634. The Balaban J connectivity index is 1.89. The van der Waals surface area contributed by atoms with E-state index in [1.807, 2.05) is 13.8 Å². The molecule has 18 heavy (non-hydrogen) atoms. The van der Waals surface area contributed by atoms with Crippen molar-refractivity contribution in [3.63, 3.8) is 0 Å². The summed E-state index contributed by atoms with van der Waals surface area (Å²) in [4.78, 5) is 13.7. The van der Waals surface area contributed by atoms with Crippen LogP contribution in [0.5, 0.6) is 0 Å². The zero-order valence-corrected chi connectivity index (χ0v) is 11.6. The number of hydrogen-bond acceptors (Lipinski definition) is 3. The van der Waals surface area contributed by atoms with Gasteiger partial charge in [0.15, 0.2) is 0 Å². The van der Waals surface area contributed by atoms with Crippen LogP contribution in [-0.2, 0) is 4.79 Å². The van der Waals surface area contributed by atoms with Crippen LogP contribution in [0.15, 0.2) is 0 Å². The van der Waals surface area contributed by atoms with Gasteiger partial charge in [-0.15, -0.1) is 0 Å². The molecule has 2 rings (SSSR count). The molecule has 2 fully saturated rings. The molecule has 1 saturated carbocycles. The lowest BCUT2D eigenvalue weighted by atomic mass is 9.91. The zero-order valence-electron chi connectivity index (χ0n) is 11.6. The molecule has 4 heteroatoms. The monoisotopic (exact) mass is 254 g/mol. The van der Waals surface area contributed by atoms with Crippen LogP contribution >= 0.6 is 0 Å². The van der Waals surface area contributed by atoms with Crippen LogP contribution in [0.25, 0.3) is 0 Å². The van der Waals surface area contributed by atoms with Gasteiger partial charge in [-0.05, 0) is 58.5 Å². The van der Waals surface area contributed by atoms with E-state index in [2.05, 4.69) is 10.2 Å². The van der Waals surface area contributed by atoms with Crippen LogP contribution in [0.1, 0.15) is 39.5 Å². The van der Waals surface area contributed by atoms with E-state index in [-0.39, 0.29) is 0 Å². The van der Waals surface area contributed by atoms with Crippen molar-refractivity contribution in [3.05, 3.63) is 0 Å². The summed E-state index contributed by atoms with van der Waals surface area (Å²) in [6.07, 6.45) is 5.03. The van der Waals surface area contributed by atoms with E-state index in [9.17, 15) is 9.90 Å². The van der Waals surface area contributed by atoms with Crippen molar-refractivity contribution in [3.8, 4) is 0 Å². The minimum atomic E-state index is -0.685. The number of aliphatic carboxylic acids is 1. The zero-order chi connectivity index (χ0) is 13.2. The summed E-state index contributed by atoms with van der Waals surface area (Å²) in [6.45, 7) is 7.66. The van der Waals surface area contributed by atoms with Crippen LogP contribution in [0.4, 0.5) is 0 Å². The van der Waals surface area contributed by atoms with Gasteiger partial charge in [-0.1, -0.05) is 0 Å². The third-order valence-corrected chi connectivity index (χ3v) is 4.13. The van der Waals surface area contributed by atoms with E-state index in [0.717, 1.165) is 19.6 Å². The van der Waals surface area contributed by atoms with Gasteiger partial charge in [0, 0.05) is 19.1 Å². The fraction of sp³-hybridized carbons (Fsp3) is 0.929. The number of carbonyl (C=O) groups is 1. The van der Waals surface area contributed by atoms with Crippen molar-refractivity contribution < 1.29 is 9.90 Å². The van der Waals surface area contributed by atoms with E-state index in [4.69, 9.17) is 0 Å². The Bertz CT molecular complexity index is 294. The lowest BCUT2D eigenvalue weighted by Crippen LogP contribution is -2.45. The number of piperidine rings is 1. The van der Waals surface area contributed by atoms with Crippen LogP contribution in [0, 0.1) is 11.3 Å². The van der Waals surface area contributed by atoms with Crippen LogP contribution in [-0.4, -0.2) is 48.2 Å². The normalized spacial score (nSPS) is 25.4. The van der Waals surface area contributed by atoms with E-state index < -0.39 is 11.4 Å².